The summed E-state index contributed by atoms with van der Waals surface area (Å²) in [7, 11) is 1.29. The van der Waals surface area contributed by atoms with Crippen LogP contribution in [0, 0.1) is 0 Å². The zero-order valence-electron chi connectivity index (χ0n) is 9.43. The van der Waals surface area contributed by atoms with Crippen LogP contribution >= 0.6 is 0 Å². The normalized spacial score (nSPS) is 11.9. The molecule has 1 atom stereocenters. The predicted octanol–water partition coefficient (Wildman–Crippen LogP) is 0.412. The molecule has 0 amide bonds. The standard InChI is InChI=1S/C10H16N4O2/c1-3-7(11)6-13-8-4-5-12-9(14-8)10(15)16-2/h4-5,7H,3,6,11H2,1-2H3,(H,12,13,14). The molecule has 6 heteroatoms. The highest BCUT2D eigenvalue weighted by Gasteiger charge is 2.09. The second-order valence-electron chi connectivity index (χ2n) is 3.31. The molecular formula is C10H16N4O2. The van der Waals surface area contributed by atoms with Crippen LogP contribution in [-0.2, 0) is 4.74 Å². The van der Waals surface area contributed by atoms with E-state index >= 15 is 0 Å². The maximum atomic E-state index is 11.2. The number of hydrogen-bond acceptors (Lipinski definition) is 6. The molecule has 0 radical (unpaired) electrons. The third-order valence-electron chi connectivity index (χ3n) is 2.09. The molecule has 1 unspecified atom stereocenters. The summed E-state index contributed by atoms with van der Waals surface area (Å²) in [5.74, 6) is 0.0558. The first-order chi connectivity index (χ1) is 7.67. The monoisotopic (exact) mass is 224 g/mol. The van der Waals surface area contributed by atoms with Crippen molar-refractivity contribution >= 4 is 11.8 Å². The molecule has 6 nitrogen and oxygen atoms in total. The Balaban J connectivity index is 2.64. The topological polar surface area (TPSA) is 90.1 Å². The van der Waals surface area contributed by atoms with Gasteiger partial charge in [0.25, 0.3) is 0 Å². The molecule has 0 spiro atoms. The highest BCUT2D eigenvalue weighted by atomic mass is 16.5. The molecule has 1 heterocycles. The molecule has 0 saturated carbocycles. The minimum Gasteiger partial charge on any atom is -0.463 e. The highest BCUT2D eigenvalue weighted by molar-refractivity contribution is 5.85. The first-order valence-corrected chi connectivity index (χ1v) is 5.08. The van der Waals surface area contributed by atoms with Crippen LogP contribution in [0.1, 0.15) is 24.0 Å². The number of nitrogens with two attached hydrogens (primary N) is 1. The molecule has 0 aliphatic heterocycles. The van der Waals surface area contributed by atoms with Crippen molar-refractivity contribution in [2.45, 2.75) is 19.4 Å². The van der Waals surface area contributed by atoms with Crippen LogP contribution < -0.4 is 11.1 Å². The average molecular weight is 224 g/mol. The first kappa shape index (κ1) is 12.4. The summed E-state index contributed by atoms with van der Waals surface area (Å²) in [6.45, 7) is 2.61. The van der Waals surface area contributed by atoms with Crippen molar-refractivity contribution in [3.05, 3.63) is 18.1 Å². The summed E-state index contributed by atoms with van der Waals surface area (Å²) in [5.41, 5.74) is 5.75. The summed E-state index contributed by atoms with van der Waals surface area (Å²) in [6.07, 6.45) is 2.38. The summed E-state index contributed by atoms with van der Waals surface area (Å²) in [5, 5.41) is 3.03. The van der Waals surface area contributed by atoms with E-state index in [9.17, 15) is 4.79 Å². The van der Waals surface area contributed by atoms with Gasteiger partial charge in [-0.15, -0.1) is 0 Å². The summed E-state index contributed by atoms with van der Waals surface area (Å²) in [6, 6.07) is 1.74. The van der Waals surface area contributed by atoms with Crippen LogP contribution in [0.15, 0.2) is 12.3 Å². The van der Waals surface area contributed by atoms with Gasteiger partial charge in [0, 0.05) is 18.8 Å². The van der Waals surface area contributed by atoms with Crippen molar-refractivity contribution in [1.29, 1.82) is 0 Å². The van der Waals surface area contributed by atoms with Gasteiger partial charge in [-0.3, -0.25) is 0 Å². The molecule has 16 heavy (non-hydrogen) atoms. The van der Waals surface area contributed by atoms with Crippen LogP contribution in [-0.4, -0.2) is 35.6 Å². The molecule has 1 aromatic heterocycles. The molecule has 0 aromatic carbocycles. The zero-order valence-corrected chi connectivity index (χ0v) is 9.43. The first-order valence-electron chi connectivity index (χ1n) is 5.08. The van der Waals surface area contributed by atoms with Crippen molar-refractivity contribution in [1.82, 2.24) is 9.97 Å². The fourth-order valence-corrected chi connectivity index (χ4v) is 1.03. The largest absolute Gasteiger partial charge is 0.463 e. The maximum absolute atomic E-state index is 11.2. The number of nitrogens with zero attached hydrogens (tertiary/aromatic N) is 2. The Kier molecular flexibility index (Phi) is 4.65. The highest BCUT2D eigenvalue weighted by Crippen LogP contribution is 2.03. The van der Waals surface area contributed by atoms with Gasteiger partial charge in [-0.1, -0.05) is 6.92 Å². The van der Waals surface area contributed by atoms with Crippen LogP contribution in [0.25, 0.3) is 0 Å². The minimum atomic E-state index is -0.552. The van der Waals surface area contributed by atoms with Gasteiger partial charge in [-0.25, -0.2) is 14.8 Å². The van der Waals surface area contributed by atoms with Crippen LogP contribution in [0.2, 0.25) is 0 Å². The summed E-state index contributed by atoms with van der Waals surface area (Å²) < 4.78 is 4.52. The van der Waals surface area contributed by atoms with E-state index in [1.807, 2.05) is 6.92 Å². The SMILES string of the molecule is CCC(N)CNc1ccnc(C(=O)OC)n1. The lowest BCUT2D eigenvalue weighted by Gasteiger charge is -2.10. The average Bonchev–Trinajstić information content (AvgIpc) is 2.35. The molecule has 0 aliphatic carbocycles. The fraction of sp³-hybridized carbons (Fsp3) is 0.500. The number of nitrogens with one attached hydrogen (secondary N) is 1. The maximum Gasteiger partial charge on any atom is 0.376 e. The second kappa shape index (κ2) is 6.02. The Hall–Kier alpha value is -1.69. The van der Waals surface area contributed by atoms with E-state index < -0.39 is 5.97 Å². The third-order valence-corrected chi connectivity index (χ3v) is 2.09. The number of carbonyl (C=O) groups excluding carboxylic acids is 1. The van der Waals surface area contributed by atoms with Crippen molar-refractivity contribution in [3.8, 4) is 0 Å². The lowest BCUT2D eigenvalue weighted by molar-refractivity contribution is 0.0587. The summed E-state index contributed by atoms with van der Waals surface area (Å²) in [4.78, 5) is 19.0. The van der Waals surface area contributed by atoms with Crippen LogP contribution in [0.3, 0.4) is 0 Å². The fourth-order valence-electron chi connectivity index (χ4n) is 1.03. The number of esters is 1. The van der Waals surface area contributed by atoms with E-state index in [2.05, 4.69) is 20.0 Å². The molecular weight excluding hydrogens is 208 g/mol. The Morgan fingerprint density at radius 2 is 2.44 bits per heavy atom. The van der Waals surface area contributed by atoms with Crippen molar-refractivity contribution in [2.75, 3.05) is 19.0 Å². The molecule has 0 aliphatic rings. The van der Waals surface area contributed by atoms with Crippen molar-refractivity contribution in [3.63, 3.8) is 0 Å². The molecule has 88 valence electrons. The number of hydrogen-bond donors (Lipinski definition) is 2. The van der Waals surface area contributed by atoms with E-state index in [0.717, 1.165) is 6.42 Å². The van der Waals surface area contributed by atoms with E-state index in [0.29, 0.717) is 12.4 Å². The lowest BCUT2D eigenvalue weighted by Crippen LogP contribution is -2.28. The van der Waals surface area contributed by atoms with Gasteiger partial charge in [-0.05, 0) is 12.5 Å². The van der Waals surface area contributed by atoms with Crippen LogP contribution in [0.5, 0.6) is 0 Å². The van der Waals surface area contributed by atoms with Crippen LogP contribution in [0.4, 0.5) is 5.82 Å². The number of aromatic nitrogens is 2. The van der Waals surface area contributed by atoms with Gasteiger partial charge >= 0.3 is 5.97 Å². The minimum absolute atomic E-state index is 0.0394. The number of anilines is 1. The zero-order chi connectivity index (χ0) is 12.0. The van der Waals surface area contributed by atoms with E-state index in [1.165, 1.54) is 13.3 Å². The van der Waals surface area contributed by atoms with Gasteiger partial charge in [0.1, 0.15) is 5.82 Å². The Labute approximate surface area is 94.2 Å². The van der Waals surface area contributed by atoms with Crippen molar-refractivity contribution in [2.24, 2.45) is 5.73 Å². The molecule has 3 N–H and O–H groups in total. The van der Waals surface area contributed by atoms with Crippen molar-refractivity contribution < 1.29 is 9.53 Å². The van der Waals surface area contributed by atoms with Gasteiger partial charge in [-0.2, -0.15) is 0 Å². The van der Waals surface area contributed by atoms with E-state index in [4.69, 9.17) is 5.73 Å². The summed E-state index contributed by atoms with van der Waals surface area (Å²) >= 11 is 0. The lowest BCUT2D eigenvalue weighted by atomic mass is 10.2. The molecule has 1 rings (SSSR count). The molecule has 1 aromatic rings. The number of methoxy groups -OCH3 is 1. The number of carbonyl (C=O) groups is 1. The van der Waals surface area contributed by atoms with Gasteiger partial charge in [0.15, 0.2) is 0 Å². The van der Waals surface area contributed by atoms with E-state index in [1.54, 1.807) is 6.07 Å². The molecule has 0 bridgehead atoms. The van der Waals surface area contributed by atoms with Gasteiger partial charge in [0.2, 0.25) is 5.82 Å². The van der Waals surface area contributed by atoms with E-state index in [-0.39, 0.29) is 11.9 Å². The second-order valence-corrected chi connectivity index (χ2v) is 3.31. The Bertz CT molecular complexity index is 356. The quantitative estimate of drug-likeness (QED) is 0.704. The predicted molar refractivity (Wildman–Crippen MR) is 60.1 cm³/mol. The number of rotatable bonds is 5. The Morgan fingerprint density at radius 1 is 1.69 bits per heavy atom. The number of ether oxygens (including phenoxy) is 1. The van der Waals surface area contributed by atoms with Gasteiger partial charge < -0.3 is 15.8 Å². The Morgan fingerprint density at radius 3 is 3.06 bits per heavy atom. The van der Waals surface area contributed by atoms with Gasteiger partial charge in [0.05, 0.1) is 7.11 Å². The molecule has 0 saturated heterocycles. The third kappa shape index (κ3) is 3.47. The smallest absolute Gasteiger partial charge is 0.376 e. The molecule has 0 fully saturated rings.